The summed E-state index contributed by atoms with van der Waals surface area (Å²) in [7, 11) is -2.40. The molecule has 1 aliphatic rings. The van der Waals surface area contributed by atoms with Crippen molar-refractivity contribution >= 4 is 33.2 Å². The Kier molecular flexibility index (Phi) is 7.35. The van der Waals surface area contributed by atoms with Gasteiger partial charge in [0.05, 0.1) is 37.0 Å². The predicted molar refractivity (Wildman–Crippen MR) is 113 cm³/mol. The van der Waals surface area contributed by atoms with Crippen LogP contribution in [0.25, 0.3) is 0 Å². The third kappa shape index (κ3) is 5.45. The van der Waals surface area contributed by atoms with E-state index in [0.29, 0.717) is 30.3 Å². The van der Waals surface area contributed by atoms with Crippen LogP contribution in [0.15, 0.2) is 41.3 Å². The summed E-state index contributed by atoms with van der Waals surface area (Å²) in [4.78, 5) is 12.2. The standard InChI is InChI=1S/C20H20ClN3O6S/c1-28-18-10-14(12-22)2-5-17(18)30-13-20(25)23-15-3-4-16(21)19(11-15)31(26,27)24-6-8-29-9-7-24/h2-5,10-11H,6-9,13H2,1H3,(H,23,25). The molecule has 1 N–H and O–H groups in total. The zero-order valence-electron chi connectivity index (χ0n) is 16.6. The van der Waals surface area contributed by atoms with Gasteiger partial charge >= 0.3 is 0 Å². The summed E-state index contributed by atoms with van der Waals surface area (Å²) in [6, 6.07) is 10.8. The smallest absolute Gasteiger partial charge is 0.262 e. The van der Waals surface area contributed by atoms with Crippen LogP contribution in [0.3, 0.4) is 0 Å². The molecular formula is C20H20ClN3O6S. The summed E-state index contributed by atoms with van der Waals surface area (Å²) in [6.45, 7) is 0.730. The number of hydrogen-bond acceptors (Lipinski definition) is 7. The fraction of sp³-hybridized carbons (Fsp3) is 0.300. The highest BCUT2D eigenvalue weighted by atomic mass is 35.5. The fourth-order valence-electron chi connectivity index (χ4n) is 2.90. The van der Waals surface area contributed by atoms with Crippen LogP contribution in [-0.2, 0) is 19.6 Å². The first-order valence-electron chi connectivity index (χ1n) is 9.23. The monoisotopic (exact) mass is 465 g/mol. The van der Waals surface area contributed by atoms with Crippen LogP contribution in [0.2, 0.25) is 5.02 Å². The Morgan fingerprint density at radius 2 is 1.97 bits per heavy atom. The summed E-state index contributed by atoms with van der Waals surface area (Å²) < 4.78 is 42.9. The van der Waals surface area contributed by atoms with Gasteiger partial charge in [0.25, 0.3) is 5.91 Å². The van der Waals surface area contributed by atoms with Gasteiger partial charge in [-0.25, -0.2) is 8.42 Å². The molecule has 164 valence electrons. The summed E-state index contributed by atoms with van der Waals surface area (Å²) in [5.41, 5.74) is 0.653. The number of morpholine rings is 1. The van der Waals surface area contributed by atoms with Gasteiger partial charge in [-0.2, -0.15) is 9.57 Å². The molecule has 2 aromatic rings. The van der Waals surface area contributed by atoms with Crippen LogP contribution in [0.4, 0.5) is 5.69 Å². The van der Waals surface area contributed by atoms with E-state index in [1.165, 1.54) is 47.8 Å². The minimum Gasteiger partial charge on any atom is -0.493 e. The molecule has 3 rings (SSSR count). The van der Waals surface area contributed by atoms with Gasteiger partial charge in [0.2, 0.25) is 10.0 Å². The molecule has 0 spiro atoms. The molecule has 1 aliphatic heterocycles. The lowest BCUT2D eigenvalue weighted by atomic mass is 10.2. The van der Waals surface area contributed by atoms with E-state index in [1.807, 2.05) is 6.07 Å². The molecular weight excluding hydrogens is 446 g/mol. The number of rotatable bonds is 7. The first-order chi connectivity index (χ1) is 14.8. The van der Waals surface area contributed by atoms with Crippen LogP contribution < -0.4 is 14.8 Å². The lowest BCUT2D eigenvalue weighted by molar-refractivity contribution is -0.118. The Hall–Kier alpha value is -2.84. The molecule has 1 saturated heterocycles. The zero-order chi connectivity index (χ0) is 22.4. The van der Waals surface area contributed by atoms with Gasteiger partial charge in [0.15, 0.2) is 18.1 Å². The minimum atomic E-state index is -3.83. The Bertz CT molecular complexity index is 1110. The van der Waals surface area contributed by atoms with E-state index in [4.69, 9.17) is 31.1 Å². The second-order valence-corrected chi connectivity index (χ2v) is 8.79. The number of halogens is 1. The molecule has 1 amide bonds. The van der Waals surface area contributed by atoms with Gasteiger partial charge in [0, 0.05) is 24.8 Å². The number of amides is 1. The Labute approximate surface area is 185 Å². The van der Waals surface area contributed by atoms with Crippen LogP contribution in [0.5, 0.6) is 11.5 Å². The molecule has 1 heterocycles. The average molecular weight is 466 g/mol. The number of carbonyl (C=O) groups excluding carboxylic acids is 1. The number of nitrogens with one attached hydrogen (secondary N) is 1. The molecule has 0 radical (unpaired) electrons. The number of nitriles is 1. The van der Waals surface area contributed by atoms with Crippen LogP contribution in [0, 0.1) is 11.3 Å². The SMILES string of the molecule is COc1cc(C#N)ccc1OCC(=O)Nc1ccc(Cl)c(S(=O)(=O)N2CCOCC2)c1. The van der Waals surface area contributed by atoms with Gasteiger partial charge in [-0.3, -0.25) is 4.79 Å². The van der Waals surface area contributed by atoms with Gasteiger partial charge < -0.3 is 19.5 Å². The largest absolute Gasteiger partial charge is 0.493 e. The number of anilines is 1. The first kappa shape index (κ1) is 22.8. The van der Waals surface area contributed by atoms with Crippen molar-refractivity contribution in [3.63, 3.8) is 0 Å². The minimum absolute atomic E-state index is 0.0584. The van der Waals surface area contributed by atoms with Crippen molar-refractivity contribution in [2.45, 2.75) is 4.90 Å². The second kappa shape index (κ2) is 9.98. The van der Waals surface area contributed by atoms with Gasteiger partial charge in [-0.15, -0.1) is 0 Å². The molecule has 2 aromatic carbocycles. The highest BCUT2D eigenvalue weighted by Gasteiger charge is 2.28. The van der Waals surface area contributed by atoms with E-state index in [-0.39, 0.29) is 35.3 Å². The topological polar surface area (TPSA) is 118 Å². The lowest BCUT2D eigenvalue weighted by Gasteiger charge is -2.26. The number of ether oxygens (including phenoxy) is 3. The van der Waals surface area contributed by atoms with Gasteiger partial charge in [0.1, 0.15) is 4.90 Å². The van der Waals surface area contributed by atoms with Crippen molar-refractivity contribution in [3.8, 4) is 17.6 Å². The first-order valence-corrected chi connectivity index (χ1v) is 11.0. The van der Waals surface area contributed by atoms with Crippen LogP contribution >= 0.6 is 11.6 Å². The second-order valence-electron chi connectivity index (χ2n) is 6.48. The van der Waals surface area contributed by atoms with Crippen LogP contribution in [-0.4, -0.2) is 58.7 Å². The van der Waals surface area contributed by atoms with Crippen molar-refractivity contribution in [2.75, 3.05) is 45.3 Å². The third-order valence-corrected chi connectivity index (χ3v) is 6.83. The number of sulfonamides is 1. The number of hydrogen-bond donors (Lipinski definition) is 1. The molecule has 9 nitrogen and oxygen atoms in total. The van der Waals surface area contributed by atoms with E-state index >= 15 is 0 Å². The molecule has 31 heavy (non-hydrogen) atoms. The number of benzene rings is 2. The van der Waals surface area contributed by atoms with Gasteiger partial charge in [-0.1, -0.05) is 11.6 Å². The zero-order valence-corrected chi connectivity index (χ0v) is 18.2. The molecule has 0 aromatic heterocycles. The number of carbonyl (C=O) groups is 1. The maximum absolute atomic E-state index is 12.9. The Morgan fingerprint density at radius 3 is 2.65 bits per heavy atom. The fourth-order valence-corrected chi connectivity index (χ4v) is 4.81. The molecule has 11 heteroatoms. The Balaban J connectivity index is 1.70. The summed E-state index contributed by atoms with van der Waals surface area (Å²) >= 11 is 6.12. The normalized spacial score (nSPS) is 14.5. The predicted octanol–water partition coefficient (Wildman–Crippen LogP) is 2.26. The lowest BCUT2D eigenvalue weighted by Crippen LogP contribution is -2.40. The average Bonchev–Trinajstić information content (AvgIpc) is 2.79. The molecule has 0 atom stereocenters. The third-order valence-electron chi connectivity index (χ3n) is 4.45. The maximum atomic E-state index is 12.9. The van der Waals surface area contributed by atoms with Crippen LogP contribution in [0.1, 0.15) is 5.56 Å². The highest BCUT2D eigenvalue weighted by Crippen LogP contribution is 2.29. The molecule has 0 aliphatic carbocycles. The van der Waals surface area contributed by atoms with Crippen molar-refractivity contribution in [2.24, 2.45) is 0 Å². The van der Waals surface area contributed by atoms with E-state index in [2.05, 4.69) is 5.32 Å². The molecule has 0 saturated carbocycles. The van der Waals surface area contributed by atoms with E-state index < -0.39 is 15.9 Å². The summed E-state index contributed by atoms with van der Waals surface area (Å²) in [5, 5.41) is 11.6. The van der Waals surface area contributed by atoms with Crippen molar-refractivity contribution in [1.82, 2.24) is 4.31 Å². The van der Waals surface area contributed by atoms with Gasteiger partial charge in [-0.05, 0) is 30.3 Å². The molecule has 0 bridgehead atoms. The quantitative estimate of drug-likeness (QED) is 0.666. The number of nitrogens with zero attached hydrogens (tertiary/aromatic N) is 2. The summed E-state index contributed by atoms with van der Waals surface area (Å²) in [6.07, 6.45) is 0. The van der Waals surface area contributed by atoms with E-state index in [9.17, 15) is 13.2 Å². The number of methoxy groups -OCH3 is 1. The maximum Gasteiger partial charge on any atom is 0.262 e. The van der Waals surface area contributed by atoms with E-state index in [0.717, 1.165) is 0 Å². The van der Waals surface area contributed by atoms with Crippen molar-refractivity contribution in [1.29, 1.82) is 5.26 Å². The highest BCUT2D eigenvalue weighted by molar-refractivity contribution is 7.89. The molecule has 0 unspecified atom stereocenters. The van der Waals surface area contributed by atoms with Crippen molar-refractivity contribution in [3.05, 3.63) is 47.0 Å². The molecule has 1 fully saturated rings. The Morgan fingerprint density at radius 1 is 1.23 bits per heavy atom. The van der Waals surface area contributed by atoms with E-state index in [1.54, 1.807) is 0 Å². The van der Waals surface area contributed by atoms with Crippen molar-refractivity contribution < 1.29 is 27.4 Å². The summed E-state index contributed by atoms with van der Waals surface area (Å²) in [5.74, 6) is 0.101.